The zero-order chi connectivity index (χ0) is 27.9. The van der Waals surface area contributed by atoms with Gasteiger partial charge in [-0.1, -0.05) is 60.2 Å². The number of rotatable bonds is 10. The normalized spacial score (nSPS) is 15.8. The van der Waals surface area contributed by atoms with Gasteiger partial charge in [-0.15, -0.1) is 11.3 Å². The molecule has 0 bridgehead atoms. The summed E-state index contributed by atoms with van der Waals surface area (Å²) in [6, 6.07) is 17.8. The van der Waals surface area contributed by atoms with Crippen LogP contribution >= 0.6 is 11.3 Å². The van der Waals surface area contributed by atoms with Crippen LogP contribution in [0.25, 0.3) is 6.08 Å². The van der Waals surface area contributed by atoms with E-state index in [1.165, 1.54) is 16.9 Å². The summed E-state index contributed by atoms with van der Waals surface area (Å²) in [7, 11) is 0. The second-order valence-electron chi connectivity index (χ2n) is 10.4. The zero-order valence-electron chi connectivity index (χ0n) is 22.8. The van der Waals surface area contributed by atoms with Crippen LogP contribution < -0.4 is 5.32 Å². The number of carbonyl (C=O) groups excluding carboxylic acids is 3. The molecule has 2 fully saturated rings. The van der Waals surface area contributed by atoms with Crippen molar-refractivity contribution in [3.05, 3.63) is 88.4 Å². The molecule has 2 heterocycles. The first-order chi connectivity index (χ1) is 19.4. The molecule has 9 heteroatoms. The fraction of sp³-hybridized carbons (Fsp3) is 0.355. The number of amides is 3. The van der Waals surface area contributed by atoms with Crippen LogP contribution in [-0.2, 0) is 16.0 Å². The van der Waals surface area contributed by atoms with E-state index in [9.17, 15) is 14.4 Å². The topological polar surface area (TPSA) is 85.8 Å². The Hall–Kier alpha value is -3.82. The van der Waals surface area contributed by atoms with E-state index in [0.29, 0.717) is 29.5 Å². The number of thiazole rings is 1. The molecule has 0 radical (unpaired) electrons. The van der Waals surface area contributed by atoms with Crippen LogP contribution in [0, 0.1) is 6.92 Å². The highest BCUT2D eigenvalue weighted by molar-refractivity contribution is 7.13. The van der Waals surface area contributed by atoms with Gasteiger partial charge in [0.25, 0.3) is 5.91 Å². The summed E-state index contributed by atoms with van der Waals surface area (Å²) in [6.45, 7) is 5.87. The summed E-state index contributed by atoms with van der Waals surface area (Å²) in [4.78, 5) is 49.0. The Morgan fingerprint density at radius 1 is 1.02 bits per heavy atom. The lowest BCUT2D eigenvalue weighted by Gasteiger charge is -2.34. The molecule has 5 rings (SSSR count). The van der Waals surface area contributed by atoms with Gasteiger partial charge >= 0.3 is 0 Å². The molecular formula is C31H35N5O3S. The Bertz CT molecular complexity index is 1340. The van der Waals surface area contributed by atoms with Gasteiger partial charge in [-0.3, -0.25) is 19.3 Å². The summed E-state index contributed by atoms with van der Waals surface area (Å²) in [5.74, 6) is -0.362. The van der Waals surface area contributed by atoms with Gasteiger partial charge in [-0.2, -0.15) is 0 Å². The van der Waals surface area contributed by atoms with Crippen molar-refractivity contribution in [3.63, 3.8) is 0 Å². The van der Waals surface area contributed by atoms with Crippen molar-refractivity contribution in [2.45, 2.75) is 32.2 Å². The highest BCUT2D eigenvalue weighted by atomic mass is 32.1. The van der Waals surface area contributed by atoms with Gasteiger partial charge in [0.1, 0.15) is 6.54 Å². The van der Waals surface area contributed by atoms with E-state index in [0.717, 1.165) is 38.0 Å². The molecule has 1 saturated carbocycles. The van der Waals surface area contributed by atoms with E-state index in [4.69, 9.17) is 0 Å². The maximum absolute atomic E-state index is 13.0. The van der Waals surface area contributed by atoms with Crippen LogP contribution in [0.2, 0.25) is 0 Å². The minimum Gasteiger partial charge on any atom is -0.340 e. The molecule has 0 unspecified atom stereocenters. The van der Waals surface area contributed by atoms with Crippen molar-refractivity contribution in [1.82, 2.24) is 19.7 Å². The quantitative estimate of drug-likeness (QED) is 0.406. The van der Waals surface area contributed by atoms with Gasteiger partial charge in [-0.05, 0) is 37.5 Å². The third-order valence-corrected chi connectivity index (χ3v) is 8.00. The molecule has 0 atom stereocenters. The summed E-state index contributed by atoms with van der Waals surface area (Å²) in [5, 5.41) is 5.08. The first-order valence-corrected chi connectivity index (χ1v) is 14.7. The maximum Gasteiger partial charge on any atom is 0.254 e. The fourth-order valence-corrected chi connectivity index (χ4v) is 5.45. The summed E-state index contributed by atoms with van der Waals surface area (Å²) < 4.78 is 0. The van der Waals surface area contributed by atoms with E-state index >= 15 is 0 Å². The third-order valence-electron chi connectivity index (χ3n) is 7.19. The van der Waals surface area contributed by atoms with Gasteiger partial charge < -0.3 is 15.1 Å². The Labute approximate surface area is 239 Å². The number of hydrogen-bond acceptors (Lipinski definition) is 6. The summed E-state index contributed by atoms with van der Waals surface area (Å²) in [6.07, 6.45) is 6.32. The Morgan fingerprint density at radius 2 is 1.75 bits per heavy atom. The van der Waals surface area contributed by atoms with Crippen molar-refractivity contribution < 1.29 is 14.4 Å². The predicted molar refractivity (Wildman–Crippen MR) is 158 cm³/mol. The van der Waals surface area contributed by atoms with E-state index in [-0.39, 0.29) is 36.7 Å². The van der Waals surface area contributed by atoms with Gasteiger partial charge in [0.15, 0.2) is 5.13 Å². The lowest BCUT2D eigenvalue weighted by Crippen LogP contribution is -2.49. The second kappa shape index (κ2) is 13.0. The monoisotopic (exact) mass is 557 g/mol. The number of carbonyl (C=O) groups is 3. The molecule has 0 spiro atoms. The van der Waals surface area contributed by atoms with E-state index in [2.05, 4.69) is 39.5 Å². The lowest BCUT2D eigenvalue weighted by molar-refractivity contribution is -0.132. The van der Waals surface area contributed by atoms with Crippen LogP contribution in [-0.4, -0.2) is 82.7 Å². The molecule has 1 aliphatic heterocycles. The molecule has 8 nitrogen and oxygen atoms in total. The first kappa shape index (κ1) is 27.7. The van der Waals surface area contributed by atoms with E-state index < -0.39 is 0 Å². The minimum atomic E-state index is -0.281. The standard InChI is InChI=1S/C31H35N5O3S/c1-23-9-11-25(12-10-23)30(39)36(27-13-14-27)21-28(37)33-31-32-26(22-40-31)20-29(38)35-18-16-34(17-19-35)15-5-8-24-6-3-2-4-7-24/h2-12,22,27H,13-21H2,1H3,(H,32,33,37). The molecule has 3 amide bonds. The molecule has 2 aromatic carbocycles. The van der Waals surface area contributed by atoms with Crippen LogP contribution in [0.5, 0.6) is 0 Å². The average molecular weight is 558 g/mol. The van der Waals surface area contributed by atoms with E-state index in [1.54, 1.807) is 17.0 Å². The van der Waals surface area contributed by atoms with Crippen molar-refractivity contribution >= 4 is 40.3 Å². The van der Waals surface area contributed by atoms with Crippen LogP contribution in [0.1, 0.15) is 40.0 Å². The third kappa shape index (κ3) is 7.64. The number of nitrogens with zero attached hydrogens (tertiary/aromatic N) is 4. The SMILES string of the molecule is Cc1ccc(C(=O)N(CC(=O)Nc2nc(CC(=O)N3CCN(CC=Cc4ccccc4)CC3)cs2)C2CC2)cc1. The van der Waals surface area contributed by atoms with Crippen LogP contribution in [0.3, 0.4) is 0 Å². The number of hydrogen-bond donors (Lipinski definition) is 1. The molecule has 3 aromatic rings. The highest BCUT2D eigenvalue weighted by Crippen LogP contribution is 2.28. The lowest BCUT2D eigenvalue weighted by atomic mass is 10.1. The van der Waals surface area contributed by atoms with Crippen LogP contribution in [0.4, 0.5) is 5.13 Å². The Kier molecular flexibility index (Phi) is 9.03. The fourth-order valence-electron chi connectivity index (χ4n) is 4.72. The smallest absolute Gasteiger partial charge is 0.254 e. The van der Waals surface area contributed by atoms with Crippen molar-refractivity contribution in [3.8, 4) is 0 Å². The molecule has 208 valence electrons. The molecule has 40 heavy (non-hydrogen) atoms. The second-order valence-corrected chi connectivity index (χ2v) is 11.3. The minimum absolute atomic E-state index is 0.0178. The largest absolute Gasteiger partial charge is 0.340 e. The zero-order valence-corrected chi connectivity index (χ0v) is 23.6. The van der Waals surface area contributed by atoms with Crippen molar-refractivity contribution in [1.29, 1.82) is 0 Å². The first-order valence-electron chi connectivity index (χ1n) is 13.8. The highest BCUT2D eigenvalue weighted by Gasteiger charge is 2.34. The van der Waals surface area contributed by atoms with Gasteiger partial charge in [0.2, 0.25) is 11.8 Å². The number of anilines is 1. The van der Waals surface area contributed by atoms with Gasteiger partial charge in [-0.25, -0.2) is 4.98 Å². The maximum atomic E-state index is 13.0. The summed E-state index contributed by atoms with van der Waals surface area (Å²) in [5.41, 5.74) is 3.50. The molecule has 1 aromatic heterocycles. The molecule has 2 aliphatic rings. The number of aryl methyl sites for hydroxylation is 1. The number of nitrogens with one attached hydrogen (secondary N) is 1. The van der Waals surface area contributed by atoms with Gasteiger partial charge in [0, 0.05) is 49.7 Å². The van der Waals surface area contributed by atoms with Crippen LogP contribution in [0.15, 0.2) is 66.1 Å². The predicted octanol–water partition coefficient (Wildman–Crippen LogP) is 4.09. The number of benzene rings is 2. The summed E-state index contributed by atoms with van der Waals surface area (Å²) >= 11 is 1.30. The molecule has 1 saturated heterocycles. The number of aromatic nitrogens is 1. The van der Waals surface area contributed by atoms with Crippen molar-refractivity contribution in [2.24, 2.45) is 0 Å². The van der Waals surface area contributed by atoms with Crippen molar-refractivity contribution in [2.75, 3.05) is 44.6 Å². The molecule has 1 aliphatic carbocycles. The van der Waals surface area contributed by atoms with Gasteiger partial charge in [0.05, 0.1) is 12.1 Å². The Morgan fingerprint density at radius 3 is 2.45 bits per heavy atom. The Balaban J connectivity index is 1.06. The molecular weight excluding hydrogens is 522 g/mol. The average Bonchev–Trinajstić information content (AvgIpc) is 3.72. The van der Waals surface area contributed by atoms with E-state index in [1.807, 2.05) is 47.5 Å². The number of piperazine rings is 1. The molecule has 1 N–H and O–H groups in total.